The van der Waals surface area contributed by atoms with Gasteiger partial charge in [0.15, 0.2) is 0 Å². The van der Waals surface area contributed by atoms with Crippen molar-refractivity contribution in [2.75, 3.05) is 9.80 Å². The van der Waals surface area contributed by atoms with Crippen LogP contribution in [0.25, 0.3) is 11.1 Å². The van der Waals surface area contributed by atoms with E-state index in [1.165, 1.54) is 58.3 Å². The van der Waals surface area contributed by atoms with Gasteiger partial charge in [-0.2, -0.15) is 0 Å². The van der Waals surface area contributed by atoms with E-state index in [0.29, 0.717) is 0 Å². The minimum Gasteiger partial charge on any atom is -0.311 e. The smallest absolute Gasteiger partial charge is 0.0468 e. The maximum absolute atomic E-state index is 2.42. The number of rotatable bonds is 13. The highest BCUT2D eigenvalue weighted by atomic mass is 15.1. The molecule has 7 aromatic carbocycles. The van der Waals surface area contributed by atoms with Gasteiger partial charge in [0, 0.05) is 45.0 Å². The monoisotopic (exact) mass is 716 g/mol. The molecule has 1 atom stereocenters. The lowest BCUT2D eigenvalue weighted by Gasteiger charge is -2.36. The van der Waals surface area contributed by atoms with Gasteiger partial charge in [-0.05, 0) is 119 Å². The van der Waals surface area contributed by atoms with Crippen molar-refractivity contribution in [3.8, 4) is 11.1 Å². The molecule has 2 nitrogen and oxygen atoms in total. The van der Waals surface area contributed by atoms with Gasteiger partial charge in [0.2, 0.25) is 0 Å². The van der Waals surface area contributed by atoms with Crippen molar-refractivity contribution >= 4 is 34.1 Å². The highest BCUT2D eigenvalue weighted by molar-refractivity contribution is 5.86. The summed E-state index contributed by atoms with van der Waals surface area (Å²) in [6, 6.07) is 67.0. The van der Waals surface area contributed by atoms with Crippen molar-refractivity contribution in [1.82, 2.24) is 0 Å². The Balaban J connectivity index is 1.18. The molecule has 8 rings (SSSR count). The number of hydrogen-bond donors (Lipinski definition) is 0. The zero-order chi connectivity index (χ0) is 37.8. The molecule has 1 aliphatic carbocycles. The minimum atomic E-state index is -0.100. The van der Waals surface area contributed by atoms with Crippen LogP contribution in [-0.4, -0.2) is 0 Å². The first-order valence-corrected chi connectivity index (χ1v) is 20.2. The predicted molar refractivity (Wildman–Crippen MR) is 235 cm³/mol. The first kappa shape index (κ1) is 36.1. The summed E-state index contributed by atoms with van der Waals surface area (Å²) in [6.07, 6.45) is 5.76. The van der Waals surface area contributed by atoms with Crippen LogP contribution in [0.3, 0.4) is 0 Å². The number of unbranched alkanes of at least 4 members (excludes halogenated alkanes) is 2. The van der Waals surface area contributed by atoms with Crippen LogP contribution in [0.1, 0.15) is 82.1 Å². The van der Waals surface area contributed by atoms with Gasteiger partial charge in [0.1, 0.15) is 0 Å². The molecule has 274 valence electrons. The van der Waals surface area contributed by atoms with E-state index >= 15 is 0 Å². The van der Waals surface area contributed by atoms with Crippen LogP contribution in [-0.2, 0) is 10.8 Å². The van der Waals surface area contributed by atoms with E-state index in [2.05, 4.69) is 219 Å². The Morgan fingerprint density at radius 3 is 1.33 bits per heavy atom. The molecule has 2 heteroatoms. The third-order valence-electron chi connectivity index (χ3n) is 12.0. The van der Waals surface area contributed by atoms with E-state index in [4.69, 9.17) is 0 Å². The number of para-hydroxylation sites is 3. The van der Waals surface area contributed by atoms with Gasteiger partial charge in [0.25, 0.3) is 0 Å². The van der Waals surface area contributed by atoms with Gasteiger partial charge < -0.3 is 9.80 Å². The normalized spacial score (nSPS) is 13.7. The average Bonchev–Trinajstić information content (AvgIpc) is 3.47. The molecular formula is C53H52N2. The lowest BCUT2D eigenvalue weighted by Crippen LogP contribution is -2.27. The molecule has 0 aromatic heterocycles. The van der Waals surface area contributed by atoms with Crippen LogP contribution in [0, 0.1) is 0 Å². The Kier molecular flexibility index (Phi) is 10.2. The zero-order valence-corrected chi connectivity index (χ0v) is 32.8. The number of benzene rings is 7. The molecule has 0 heterocycles. The maximum Gasteiger partial charge on any atom is 0.0468 e. The third kappa shape index (κ3) is 6.76. The van der Waals surface area contributed by atoms with E-state index < -0.39 is 0 Å². The molecule has 0 amide bonds. The van der Waals surface area contributed by atoms with Gasteiger partial charge in [-0.15, -0.1) is 0 Å². The molecule has 0 N–H and O–H groups in total. The molecular weight excluding hydrogens is 665 g/mol. The Morgan fingerprint density at radius 1 is 0.418 bits per heavy atom. The molecule has 1 unspecified atom stereocenters. The summed E-state index contributed by atoms with van der Waals surface area (Å²) in [7, 11) is 0. The van der Waals surface area contributed by atoms with E-state index in [-0.39, 0.29) is 10.8 Å². The quantitative estimate of drug-likeness (QED) is 0.110. The maximum atomic E-state index is 2.42. The fraction of sp³-hybridized carbons (Fsp3) is 0.208. The lowest BCUT2D eigenvalue weighted by atomic mass is 9.69. The standard InChI is InChI=1S/C53H52N2/c1-5-7-19-38-53(6-2,40-28-32-45(33-29-40)54(42-20-11-8-12-21-42)43-22-13-9-14-23-43)41-30-34-46(35-31-41)55(44-24-15-10-16-25-44)47-36-37-51-49(39-47)48-26-17-18-27-50(48)52(51,3)4/h8-18,20-37,39H,5-7,19,38H2,1-4H3. The second kappa shape index (κ2) is 15.5. The van der Waals surface area contributed by atoms with Gasteiger partial charge >= 0.3 is 0 Å². The molecule has 7 aromatic rings. The number of fused-ring (bicyclic) bond motifs is 3. The van der Waals surface area contributed by atoms with Crippen LogP contribution < -0.4 is 9.80 Å². The van der Waals surface area contributed by atoms with Crippen molar-refractivity contribution in [1.29, 1.82) is 0 Å². The third-order valence-corrected chi connectivity index (χ3v) is 12.0. The highest BCUT2D eigenvalue weighted by Crippen LogP contribution is 2.51. The second-order valence-electron chi connectivity index (χ2n) is 15.6. The molecule has 0 saturated heterocycles. The first-order valence-electron chi connectivity index (χ1n) is 20.2. The fourth-order valence-corrected chi connectivity index (χ4v) is 9.05. The topological polar surface area (TPSA) is 6.48 Å². The van der Waals surface area contributed by atoms with Crippen LogP contribution in [0.15, 0.2) is 182 Å². The van der Waals surface area contributed by atoms with Crippen molar-refractivity contribution in [2.24, 2.45) is 0 Å². The first-order chi connectivity index (χ1) is 26.9. The molecule has 0 aliphatic heterocycles. The molecule has 55 heavy (non-hydrogen) atoms. The fourth-order valence-electron chi connectivity index (χ4n) is 9.05. The Morgan fingerprint density at radius 2 is 0.836 bits per heavy atom. The Bertz CT molecular complexity index is 2290. The average molecular weight is 717 g/mol. The van der Waals surface area contributed by atoms with Crippen molar-refractivity contribution < 1.29 is 0 Å². The summed E-state index contributed by atoms with van der Waals surface area (Å²) in [5, 5.41) is 0. The van der Waals surface area contributed by atoms with Gasteiger partial charge in [-0.3, -0.25) is 0 Å². The molecule has 0 bridgehead atoms. The SMILES string of the molecule is CCCCCC(CC)(c1ccc(N(c2ccccc2)c2ccccc2)cc1)c1ccc(N(c2ccccc2)c2ccc3c(c2)-c2ccccc2C3(C)C)cc1. The van der Waals surface area contributed by atoms with Crippen LogP contribution in [0.4, 0.5) is 34.1 Å². The largest absolute Gasteiger partial charge is 0.311 e. The van der Waals surface area contributed by atoms with E-state index in [0.717, 1.165) is 41.3 Å². The van der Waals surface area contributed by atoms with Crippen molar-refractivity contribution in [3.63, 3.8) is 0 Å². The van der Waals surface area contributed by atoms with E-state index in [9.17, 15) is 0 Å². The lowest BCUT2D eigenvalue weighted by molar-refractivity contribution is 0.431. The molecule has 0 saturated carbocycles. The second-order valence-corrected chi connectivity index (χ2v) is 15.6. The van der Waals surface area contributed by atoms with Crippen LogP contribution >= 0.6 is 0 Å². The summed E-state index contributed by atoms with van der Waals surface area (Å²) in [5.41, 5.74) is 15.1. The molecule has 0 radical (unpaired) electrons. The number of nitrogens with zero attached hydrogens (tertiary/aromatic N) is 2. The van der Waals surface area contributed by atoms with Gasteiger partial charge in [-0.25, -0.2) is 0 Å². The predicted octanol–water partition coefficient (Wildman–Crippen LogP) is 15.2. The van der Waals surface area contributed by atoms with Crippen LogP contribution in [0.2, 0.25) is 0 Å². The summed E-state index contributed by atoms with van der Waals surface area (Å²) in [6.45, 7) is 9.37. The van der Waals surface area contributed by atoms with E-state index in [1.54, 1.807) is 0 Å². The Labute approximate surface area is 328 Å². The van der Waals surface area contributed by atoms with Crippen molar-refractivity contribution in [3.05, 3.63) is 204 Å². The Hall–Kier alpha value is -5.86. The summed E-state index contributed by atoms with van der Waals surface area (Å²) in [4.78, 5) is 4.76. The van der Waals surface area contributed by atoms with Gasteiger partial charge in [0.05, 0.1) is 0 Å². The number of anilines is 6. The summed E-state index contributed by atoms with van der Waals surface area (Å²) >= 11 is 0. The minimum absolute atomic E-state index is 0.0233. The van der Waals surface area contributed by atoms with Gasteiger partial charge in [-0.1, -0.05) is 156 Å². The zero-order valence-electron chi connectivity index (χ0n) is 32.8. The van der Waals surface area contributed by atoms with E-state index in [1.807, 2.05) is 0 Å². The number of hydrogen-bond acceptors (Lipinski definition) is 2. The summed E-state index contributed by atoms with van der Waals surface area (Å²) in [5.74, 6) is 0. The molecule has 0 fully saturated rings. The molecule has 0 spiro atoms. The van der Waals surface area contributed by atoms with Crippen LogP contribution in [0.5, 0.6) is 0 Å². The highest BCUT2D eigenvalue weighted by Gasteiger charge is 2.36. The summed E-state index contributed by atoms with van der Waals surface area (Å²) < 4.78 is 0. The molecule has 1 aliphatic rings. The van der Waals surface area contributed by atoms with Crippen molar-refractivity contribution in [2.45, 2.75) is 70.6 Å².